The number of nitrogens with zero attached hydrogens (tertiary/aromatic N) is 3. The van der Waals surface area contributed by atoms with Crippen LogP contribution >= 0.6 is 0 Å². The molecule has 0 bridgehead atoms. The van der Waals surface area contributed by atoms with Crippen molar-refractivity contribution in [3.63, 3.8) is 0 Å². The van der Waals surface area contributed by atoms with Gasteiger partial charge in [0.05, 0.1) is 45.6 Å². The second-order valence-electron chi connectivity index (χ2n) is 12.5. The zero-order valence-electron chi connectivity index (χ0n) is 26.6. The average Bonchev–Trinajstić information content (AvgIpc) is 3.58. The number of aromatic nitrogens is 2. The second-order valence-corrected chi connectivity index (χ2v) is 12.5. The molecular weight excluding hydrogens is 648 g/mol. The Kier molecular flexibility index (Phi) is 6.88. The fourth-order valence-corrected chi connectivity index (χ4v) is 7.09. The fourth-order valence-electron chi connectivity index (χ4n) is 7.09. The van der Waals surface area contributed by atoms with Gasteiger partial charge in [-0.3, -0.25) is 0 Å². The molecule has 3 nitrogen and oxygen atoms in total. The van der Waals surface area contributed by atoms with Crippen molar-refractivity contribution in [2.75, 3.05) is 0 Å². The van der Waals surface area contributed by atoms with Gasteiger partial charge in [0, 0.05) is 32.7 Å². The van der Waals surface area contributed by atoms with Crippen LogP contribution in [-0.4, -0.2) is 9.13 Å². The summed E-state index contributed by atoms with van der Waals surface area (Å²) in [6, 6.07) is 30.7. The van der Waals surface area contributed by atoms with Gasteiger partial charge in [-0.05, 0) is 86.1 Å². The number of hydrogen-bond donors (Lipinski definition) is 0. The molecule has 0 aliphatic carbocycles. The van der Waals surface area contributed by atoms with Gasteiger partial charge in [0.15, 0.2) is 5.69 Å². The molecule has 8 rings (SSSR count). The Bertz CT molecular complexity index is 2720. The van der Waals surface area contributed by atoms with Gasteiger partial charge in [-0.1, -0.05) is 59.7 Å². The lowest BCUT2D eigenvalue weighted by Crippen LogP contribution is -2.13. The molecular formula is C41H25F6N3. The molecule has 0 saturated carbocycles. The number of rotatable bonds is 3. The third-order valence-corrected chi connectivity index (χ3v) is 9.24. The lowest BCUT2D eigenvalue weighted by atomic mass is 9.96. The third-order valence-electron chi connectivity index (χ3n) is 9.24. The standard InChI is InChI=1S/C41H25F6N3/c1-23-12-14-36-31(16-23)28-8-4-6-10-34(28)49(36)38-22-33(41(45,46)47)39(21-30(38)25-18-26(40(42,43)44)20-27(19-25)48-3)50-35-11-7-5-9-29(35)32-17-24(2)13-15-37(32)50/h4-22H,1-2H3. The van der Waals surface area contributed by atoms with E-state index in [1.807, 2.05) is 68.4 Å². The van der Waals surface area contributed by atoms with Gasteiger partial charge in [-0.15, -0.1) is 0 Å². The predicted octanol–water partition coefficient (Wildman–Crippen LogP) is 12.8. The van der Waals surface area contributed by atoms with Gasteiger partial charge in [-0.2, -0.15) is 26.3 Å². The SMILES string of the molecule is [C-]#[N+]c1cc(-c2cc(-n3c4ccccc4c4cc(C)ccc43)c(C(F)(F)F)cc2-n2c3ccccc3c3cc(C)ccc32)cc(C(F)(F)F)c1. The Hall–Kier alpha value is -6.01. The Morgan fingerprint density at radius 3 is 1.56 bits per heavy atom. The molecule has 0 aliphatic rings. The molecule has 2 aromatic heterocycles. The topological polar surface area (TPSA) is 14.2 Å². The zero-order chi connectivity index (χ0) is 35.1. The molecule has 0 unspecified atom stereocenters. The van der Waals surface area contributed by atoms with E-state index in [-0.39, 0.29) is 28.2 Å². The summed E-state index contributed by atoms with van der Waals surface area (Å²) in [6.45, 7) is 11.4. The molecule has 9 heteroatoms. The highest BCUT2D eigenvalue weighted by atomic mass is 19.4. The van der Waals surface area contributed by atoms with E-state index in [0.717, 1.165) is 50.9 Å². The second kappa shape index (κ2) is 11.0. The Labute approximate surface area is 282 Å². The monoisotopic (exact) mass is 673 g/mol. The van der Waals surface area contributed by atoms with Crippen molar-refractivity contribution in [2.24, 2.45) is 0 Å². The summed E-state index contributed by atoms with van der Waals surface area (Å²) in [5, 5.41) is 3.04. The summed E-state index contributed by atoms with van der Waals surface area (Å²) < 4.78 is 92.4. The number of hydrogen-bond acceptors (Lipinski definition) is 0. The first-order valence-electron chi connectivity index (χ1n) is 15.7. The van der Waals surface area contributed by atoms with E-state index >= 15 is 13.2 Å². The van der Waals surface area contributed by atoms with Gasteiger partial charge in [0.1, 0.15) is 0 Å². The minimum atomic E-state index is -4.87. The van der Waals surface area contributed by atoms with Crippen LogP contribution in [0.1, 0.15) is 22.3 Å². The minimum absolute atomic E-state index is 0.0306. The maximum Gasteiger partial charge on any atom is 0.418 e. The van der Waals surface area contributed by atoms with E-state index in [4.69, 9.17) is 6.57 Å². The van der Waals surface area contributed by atoms with E-state index in [0.29, 0.717) is 22.1 Å². The lowest BCUT2D eigenvalue weighted by Gasteiger charge is -2.22. The molecule has 6 aromatic carbocycles. The van der Waals surface area contributed by atoms with Crippen LogP contribution in [-0.2, 0) is 12.4 Å². The van der Waals surface area contributed by atoms with Crippen molar-refractivity contribution < 1.29 is 26.3 Å². The van der Waals surface area contributed by atoms with Crippen molar-refractivity contribution >= 4 is 49.3 Å². The molecule has 0 amide bonds. The maximum absolute atomic E-state index is 15.5. The molecule has 2 heterocycles. The molecule has 50 heavy (non-hydrogen) atoms. The third kappa shape index (κ3) is 4.90. The molecule has 0 saturated heterocycles. The normalized spacial score (nSPS) is 12.4. The van der Waals surface area contributed by atoms with Crippen molar-refractivity contribution in [3.05, 3.63) is 149 Å². The van der Waals surface area contributed by atoms with Crippen LogP contribution in [0.25, 0.3) is 71.0 Å². The first kappa shape index (κ1) is 31.3. The number of aryl methyl sites for hydroxylation is 2. The maximum atomic E-state index is 15.5. The van der Waals surface area contributed by atoms with E-state index in [1.54, 1.807) is 34.9 Å². The number of benzene rings is 6. The van der Waals surface area contributed by atoms with Crippen LogP contribution in [0.4, 0.5) is 32.0 Å². The summed E-state index contributed by atoms with van der Waals surface area (Å²) in [5.41, 5.74) is 1.58. The molecule has 8 aromatic rings. The molecule has 0 spiro atoms. The highest BCUT2D eigenvalue weighted by molar-refractivity contribution is 6.11. The summed E-state index contributed by atoms with van der Waals surface area (Å²) in [5.74, 6) is 0. The highest BCUT2D eigenvalue weighted by Crippen LogP contribution is 2.46. The van der Waals surface area contributed by atoms with E-state index in [9.17, 15) is 13.2 Å². The number of halogens is 6. The number of fused-ring (bicyclic) bond motifs is 6. The molecule has 0 atom stereocenters. The largest absolute Gasteiger partial charge is 0.418 e. The van der Waals surface area contributed by atoms with Crippen LogP contribution in [0.2, 0.25) is 0 Å². The van der Waals surface area contributed by atoms with Crippen molar-refractivity contribution in [3.8, 4) is 22.5 Å². The Balaban J connectivity index is 1.59. The minimum Gasteiger partial charge on any atom is -0.309 e. The fraction of sp³-hybridized carbons (Fsp3) is 0.0976. The summed E-state index contributed by atoms with van der Waals surface area (Å²) in [4.78, 5) is 3.31. The first-order valence-corrected chi connectivity index (χ1v) is 15.7. The smallest absolute Gasteiger partial charge is 0.309 e. The van der Waals surface area contributed by atoms with Crippen LogP contribution in [0.5, 0.6) is 0 Å². The van der Waals surface area contributed by atoms with Crippen molar-refractivity contribution in [2.45, 2.75) is 26.2 Å². The van der Waals surface area contributed by atoms with E-state index in [1.165, 1.54) is 16.7 Å². The summed E-state index contributed by atoms with van der Waals surface area (Å²) in [6.07, 6.45) is -9.67. The van der Waals surface area contributed by atoms with Gasteiger partial charge in [-0.25, -0.2) is 4.85 Å². The molecule has 0 fully saturated rings. The molecule has 246 valence electrons. The Morgan fingerprint density at radius 2 is 1.04 bits per heavy atom. The van der Waals surface area contributed by atoms with Crippen LogP contribution in [0, 0.1) is 20.4 Å². The highest BCUT2D eigenvalue weighted by Gasteiger charge is 2.37. The predicted molar refractivity (Wildman–Crippen MR) is 186 cm³/mol. The molecule has 0 N–H and O–H groups in total. The molecule has 0 radical (unpaired) electrons. The van der Waals surface area contributed by atoms with Gasteiger partial charge in [0.2, 0.25) is 0 Å². The van der Waals surface area contributed by atoms with E-state index in [2.05, 4.69) is 4.85 Å². The lowest BCUT2D eigenvalue weighted by molar-refractivity contribution is -0.138. The first-order chi connectivity index (χ1) is 23.8. The average molecular weight is 674 g/mol. The van der Waals surface area contributed by atoms with Gasteiger partial charge < -0.3 is 9.13 Å². The van der Waals surface area contributed by atoms with E-state index < -0.39 is 23.5 Å². The van der Waals surface area contributed by atoms with Crippen molar-refractivity contribution in [1.29, 1.82) is 0 Å². The number of alkyl halides is 6. The Morgan fingerprint density at radius 1 is 0.520 bits per heavy atom. The number of para-hydroxylation sites is 2. The van der Waals surface area contributed by atoms with Crippen LogP contribution in [0.15, 0.2) is 115 Å². The summed E-state index contributed by atoms with van der Waals surface area (Å²) in [7, 11) is 0. The van der Waals surface area contributed by atoms with Crippen LogP contribution < -0.4 is 0 Å². The van der Waals surface area contributed by atoms with Crippen molar-refractivity contribution in [1.82, 2.24) is 9.13 Å². The van der Waals surface area contributed by atoms with Gasteiger partial charge in [0.25, 0.3) is 0 Å². The van der Waals surface area contributed by atoms with Crippen LogP contribution in [0.3, 0.4) is 0 Å². The van der Waals surface area contributed by atoms with Gasteiger partial charge >= 0.3 is 12.4 Å². The summed E-state index contributed by atoms with van der Waals surface area (Å²) >= 11 is 0. The quantitative estimate of drug-likeness (QED) is 0.131. The molecule has 0 aliphatic heterocycles. The zero-order valence-corrected chi connectivity index (χ0v) is 26.6.